The SMILES string of the molecule is CC(C(=O)N(C)CC(=O)N1CCC[C@@H]1C(=O)O)n1cccn1. The zero-order chi connectivity index (χ0) is 16.3. The number of rotatable bonds is 5. The summed E-state index contributed by atoms with van der Waals surface area (Å²) in [6, 6.07) is 0.428. The first-order valence-electron chi connectivity index (χ1n) is 7.18. The molecule has 1 fully saturated rings. The fraction of sp³-hybridized carbons (Fsp3) is 0.571. The van der Waals surface area contributed by atoms with Crippen molar-refractivity contribution in [2.24, 2.45) is 0 Å². The number of carboxylic acids is 1. The molecule has 1 unspecified atom stereocenters. The predicted molar refractivity (Wildman–Crippen MR) is 76.9 cm³/mol. The molecule has 8 heteroatoms. The summed E-state index contributed by atoms with van der Waals surface area (Å²) in [5, 5.41) is 13.1. The number of carboxylic acid groups (broad SMARTS) is 1. The Kier molecular flexibility index (Phi) is 4.79. The Hall–Kier alpha value is -2.38. The van der Waals surface area contributed by atoms with Gasteiger partial charge in [-0.1, -0.05) is 0 Å². The van der Waals surface area contributed by atoms with Crippen LogP contribution in [0.3, 0.4) is 0 Å². The number of carbonyl (C=O) groups is 3. The quantitative estimate of drug-likeness (QED) is 0.824. The van der Waals surface area contributed by atoms with Crippen LogP contribution in [0, 0.1) is 0 Å². The number of hydrogen-bond acceptors (Lipinski definition) is 4. The molecule has 8 nitrogen and oxygen atoms in total. The van der Waals surface area contributed by atoms with E-state index in [0.29, 0.717) is 19.4 Å². The molecule has 2 atom stereocenters. The van der Waals surface area contributed by atoms with Gasteiger partial charge in [0.25, 0.3) is 0 Å². The molecule has 0 saturated carbocycles. The maximum absolute atomic E-state index is 12.3. The van der Waals surface area contributed by atoms with E-state index < -0.39 is 18.1 Å². The Morgan fingerprint density at radius 1 is 1.45 bits per heavy atom. The van der Waals surface area contributed by atoms with Gasteiger partial charge < -0.3 is 14.9 Å². The molecule has 1 aromatic heterocycles. The minimum atomic E-state index is -0.996. The third-order valence-corrected chi connectivity index (χ3v) is 3.89. The second-order valence-electron chi connectivity index (χ2n) is 5.44. The lowest BCUT2D eigenvalue weighted by atomic mass is 10.2. The summed E-state index contributed by atoms with van der Waals surface area (Å²) < 4.78 is 1.51. The van der Waals surface area contributed by atoms with Crippen LogP contribution in [0.25, 0.3) is 0 Å². The largest absolute Gasteiger partial charge is 0.480 e. The molecule has 2 amide bonds. The molecular weight excluding hydrogens is 288 g/mol. The van der Waals surface area contributed by atoms with Crippen LogP contribution in [0.1, 0.15) is 25.8 Å². The number of nitrogens with zero attached hydrogens (tertiary/aromatic N) is 4. The van der Waals surface area contributed by atoms with Crippen LogP contribution in [0.5, 0.6) is 0 Å². The van der Waals surface area contributed by atoms with Gasteiger partial charge in [0.05, 0.1) is 6.54 Å². The first-order chi connectivity index (χ1) is 10.4. The second-order valence-corrected chi connectivity index (χ2v) is 5.44. The molecule has 1 saturated heterocycles. The third-order valence-electron chi connectivity index (χ3n) is 3.89. The summed E-state index contributed by atoms with van der Waals surface area (Å²) in [4.78, 5) is 38.3. The molecule has 1 aliphatic rings. The number of amides is 2. The minimum absolute atomic E-state index is 0.131. The molecule has 0 aliphatic carbocycles. The van der Waals surface area contributed by atoms with Crippen molar-refractivity contribution in [1.29, 1.82) is 0 Å². The van der Waals surface area contributed by atoms with Crippen molar-refractivity contribution in [3.63, 3.8) is 0 Å². The minimum Gasteiger partial charge on any atom is -0.480 e. The van der Waals surface area contributed by atoms with E-state index in [0.717, 1.165) is 0 Å². The average Bonchev–Trinajstić information content (AvgIpc) is 3.15. The van der Waals surface area contributed by atoms with E-state index in [9.17, 15) is 14.4 Å². The molecule has 1 aromatic rings. The molecule has 0 spiro atoms. The molecular formula is C14H20N4O4. The molecule has 22 heavy (non-hydrogen) atoms. The fourth-order valence-corrected chi connectivity index (χ4v) is 2.64. The van der Waals surface area contributed by atoms with Crippen molar-refractivity contribution in [3.8, 4) is 0 Å². The molecule has 1 aliphatic heterocycles. The highest BCUT2D eigenvalue weighted by atomic mass is 16.4. The predicted octanol–water partition coefficient (Wildman–Crippen LogP) is -0.0219. The average molecular weight is 308 g/mol. The van der Waals surface area contributed by atoms with Gasteiger partial charge in [0, 0.05) is 26.0 Å². The van der Waals surface area contributed by atoms with Crippen LogP contribution < -0.4 is 0 Å². The fourth-order valence-electron chi connectivity index (χ4n) is 2.64. The van der Waals surface area contributed by atoms with Gasteiger partial charge in [-0.05, 0) is 25.8 Å². The van der Waals surface area contributed by atoms with Gasteiger partial charge in [0.15, 0.2) is 0 Å². The maximum atomic E-state index is 12.3. The van der Waals surface area contributed by atoms with Gasteiger partial charge in [-0.3, -0.25) is 14.3 Å². The first-order valence-corrected chi connectivity index (χ1v) is 7.18. The Morgan fingerprint density at radius 3 is 2.77 bits per heavy atom. The van der Waals surface area contributed by atoms with E-state index in [1.54, 1.807) is 25.4 Å². The standard InChI is InChI=1S/C14H20N4O4/c1-10(18-8-4-6-15-18)13(20)16(2)9-12(19)17-7-3-5-11(17)14(21)22/h4,6,8,10-11H,3,5,7,9H2,1-2H3,(H,21,22)/t10?,11-/m1/s1. The zero-order valence-corrected chi connectivity index (χ0v) is 12.7. The summed E-state index contributed by atoms with van der Waals surface area (Å²) in [6.07, 6.45) is 4.39. The highest BCUT2D eigenvalue weighted by Crippen LogP contribution is 2.18. The molecule has 0 aromatic carbocycles. The number of likely N-dealkylation sites (tertiary alicyclic amines) is 1. The number of likely N-dealkylation sites (N-methyl/N-ethyl adjacent to an activating group) is 1. The van der Waals surface area contributed by atoms with Gasteiger partial charge in [-0.25, -0.2) is 4.79 Å². The zero-order valence-electron chi connectivity index (χ0n) is 12.7. The van der Waals surface area contributed by atoms with E-state index in [1.165, 1.54) is 21.5 Å². The highest BCUT2D eigenvalue weighted by molar-refractivity contribution is 5.89. The van der Waals surface area contributed by atoms with Crippen LogP contribution in [-0.4, -0.2) is 68.6 Å². The Labute approximate surface area is 128 Å². The lowest BCUT2D eigenvalue weighted by Gasteiger charge is -2.26. The number of hydrogen-bond donors (Lipinski definition) is 1. The molecule has 120 valence electrons. The third kappa shape index (κ3) is 3.26. The van der Waals surface area contributed by atoms with E-state index in [2.05, 4.69) is 5.10 Å². The van der Waals surface area contributed by atoms with Gasteiger partial charge in [0.2, 0.25) is 11.8 Å². The van der Waals surface area contributed by atoms with Gasteiger partial charge in [-0.15, -0.1) is 0 Å². The second kappa shape index (κ2) is 6.59. The van der Waals surface area contributed by atoms with Crippen LogP contribution in [0.2, 0.25) is 0 Å². The highest BCUT2D eigenvalue weighted by Gasteiger charge is 2.34. The summed E-state index contributed by atoms with van der Waals surface area (Å²) in [7, 11) is 1.53. The summed E-state index contributed by atoms with van der Waals surface area (Å²) >= 11 is 0. The van der Waals surface area contributed by atoms with E-state index >= 15 is 0 Å². The number of aromatic nitrogens is 2. The van der Waals surface area contributed by atoms with Gasteiger partial charge in [0.1, 0.15) is 12.1 Å². The van der Waals surface area contributed by atoms with Crippen LogP contribution in [-0.2, 0) is 14.4 Å². The Morgan fingerprint density at radius 2 is 2.18 bits per heavy atom. The van der Waals surface area contributed by atoms with Crippen molar-refractivity contribution in [2.45, 2.75) is 31.8 Å². The normalized spacial score (nSPS) is 19.0. The van der Waals surface area contributed by atoms with Gasteiger partial charge >= 0.3 is 5.97 Å². The van der Waals surface area contributed by atoms with Crippen LogP contribution in [0.15, 0.2) is 18.5 Å². The van der Waals surface area contributed by atoms with Crippen molar-refractivity contribution < 1.29 is 19.5 Å². The first kappa shape index (κ1) is 16.0. The maximum Gasteiger partial charge on any atom is 0.326 e. The smallest absolute Gasteiger partial charge is 0.326 e. The monoisotopic (exact) mass is 308 g/mol. The van der Waals surface area contributed by atoms with Crippen molar-refractivity contribution in [3.05, 3.63) is 18.5 Å². The Bertz CT molecular complexity index is 557. The van der Waals surface area contributed by atoms with E-state index in [1.807, 2.05) is 0 Å². The topological polar surface area (TPSA) is 95.7 Å². The Balaban J connectivity index is 1.96. The molecule has 0 bridgehead atoms. The van der Waals surface area contributed by atoms with Crippen molar-refractivity contribution >= 4 is 17.8 Å². The van der Waals surface area contributed by atoms with E-state index in [4.69, 9.17) is 5.11 Å². The lowest BCUT2D eigenvalue weighted by molar-refractivity contribution is -0.149. The van der Waals surface area contributed by atoms with Crippen LogP contribution in [0.4, 0.5) is 0 Å². The molecule has 0 radical (unpaired) electrons. The summed E-state index contributed by atoms with van der Waals surface area (Å²) in [5.74, 6) is -1.58. The van der Waals surface area contributed by atoms with E-state index in [-0.39, 0.29) is 18.4 Å². The molecule has 1 N–H and O–H groups in total. The summed E-state index contributed by atoms with van der Waals surface area (Å²) in [5.41, 5.74) is 0. The van der Waals surface area contributed by atoms with Crippen molar-refractivity contribution in [2.75, 3.05) is 20.1 Å². The molecule has 2 heterocycles. The lowest BCUT2D eigenvalue weighted by Crippen LogP contribution is -2.46. The van der Waals surface area contributed by atoms with Crippen LogP contribution >= 0.6 is 0 Å². The van der Waals surface area contributed by atoms with Crippen molar-refractivity contribution in [1.82, 2.24) is 19.6 Å². The molecule has 2 rings (SSSR count). The van der Waals surface area contributed by atoms with Gasteiger partial charge in [-0.2, -0.15) is 5.10 Å². The number of aliphatic carboxylic acids is 1. The summed E-state index contributed by atoms with van der Waals surface area (Å²) in [6.45, 7) is 1.99. The number of carbonyl (C=O) groups excluding carboxylic acids is 2.